The van der Waals surface area contributed by atoms with Crippen molar-refractivity contribution in [1.29, 1.82) is 5.26 Å². The maximum Gasteiger partial charge on any atom is 0.319 e. The number of carbonyl (C=O) groups excluding carboxylic acids is 1. The van der Waals surface area contributed by atoms with Gasteiger partial charge in [0.25, 0.3) is 0 Å². The molecule has 0 aliphatic rings. The van der Waals surface area contributed by atoms with Crippen LogP contribution in [0.2, 0.25) is 0 Å². The number of esters is 1. The number of carbonyl (C=O) groups is 1. The lowest BCUT2D eigenvalue weighted by Gasteiger charge is -2.21. The number of ether oxygens (including phenoxy) is 1. The minimum absolute atomic E-state index is 0.00659. The molecule has 0 saturated carbocycles. The van der Waals surface area contributed by atoms with Gasteiger partial charge >= 0.3 is 5.97 Å². The highest BCUT2D eigenvalue weighted by atomic mass is 19.1. The summed E-state index contributed by atoms with van der Waals surface area (Å²) in [6.07, 6.45) is -0.904. The summed E-state index contributed by atoms with van der Waals surface area (Å²) in [5.74, 6) is -0.874. The van der Waals surface area contributed by atoms with E-state index < -0.39 is 12.1 Å². The molecular weight excluding hydrogens is 251 g/mol. The maximum absolute atomic E-state index is 12.8. The van der Waals surface area contributed by atoms with Crippen molar-refractivity contribution in [2.24, 2.45) is 0 Å². The van der Waals surface area contributed by atoms with E-state index in [1.807, 2.05) is 6.07 Å². The monoisotopic (exact) mass is 266 g/mol. The summed E-state index contributed by atoms with van der Waals surface area (Å²) in [6, 6.07) is 7.32. The molecule has 102 valence electrons. The summed E-state index contributed by atoms with van der Waals surface area (Å²) in [5.41, 5.74) is 0.522. The van der Waals surface area contributed by atoms with Gasteiger partial charge in [-0.3, -0.25) is 9.69 Å². The number of rotatable bonds is 6. The molecule has 0 aromatic heterocycles. The Labute approximate surface area is 110 Å². The van der Waals surface area contributed by atoms with Crippen LogP contribution in [0.15, 0.2) is 24.3 Å². The lowest BCUT2D eigenvalue weighted by molar-refractivity contribution is -0.142. The number of hydrogen-bond acceptors (Lipinski definition) is 5. The molecule has 0 aliphatic heterocycles. The van der Waals surface area contributed by atoms with Crippen LogP contribution in [0.3, 0.4) is 0 Å². The first kappa shape index (κ1) is 15.1. The summed E-state index contributed by atoms with van der Waals surface area (Å²) in [4.78, 5) is 12.6. The zero-order valence-electron chi connectivity index (χ0n) is 10.5. The summed E-state index contributed by atoms with van der Waals surface area (Å²) < 4.78 is 17.3. The molecule has 1 N–H and O–H groups in total. The first-order valence-corrected chi connectivity index (χ1v) is 5.66. The van der Waals surface area contributed by atoms with Crippen LogP contribution in [-0.2, 0) is 9.53 Å². The van der Waals surface area contributed by atoms with E-state index in [-0.39, 0.29) is 25.5 Å². The van der Waals surface area contributed by atoms with E-state index in [9.17, 15) is 14.3 Å². The van der Waals surface area contributed by atoms with Crippen molar-refractivity contribution in [3.63, 3.8) is 0 Å². The smallest absolute Gasteiger partial charge is 0.319 e. The molecule has 1 aromatic carbocycles. The lowest BCUT2D eigenvalue weighted by Crippen LogP contribution is -2.34. The normalized spacial score (nSPS) is 11.9. The average molecular weight is 266 g/mol. The van der Waals surface area contributed by atoms with Gasteiger partial charge in [0.1, 0.15) is 5.82 Å². The molecule has 5 nitrogen and oxygen atoms in total. The van der Waals surface area contributed by atoms with Crippen molar-refractivity contribution in [3.8, 4) is 6.07 Å². The zero-order chi connectivity index (χ0) is 14.3. The Morgan fingerprint density at radius 2 is 2.16 bits per heavy atom. The third-order valence-corrected chi connectivity index (χ3v) is 2.56. The Bertz CT molecular complexity index is 456. The van der Waals surface area contributed by atoms with E-state index in [4.69, 9.17) is 5.26 Å². The quantitative estimate of drug-likeness (QED) is 0.610. The molecule has 0 fully saturated rings. The number of halogens is 1. The van der Waals surface area contributed by atoms with E-state index in [1.165, 1.54) is 36.3 Å². The van der Waals surface area contributed by atoms with E-state index in [1.54, 1.807) is 0 Å². The first-order valence-electron chi connectivity index (χ1n) is 5.66. The highest BCUT2D eigenvalue weighted by Crippen LogP contribution is 2.14. The summed E-state index contributed by atoms with van der Waals surface area (Å²) in [5, 5.41) is 18.6. The van der Waals surface area contributed by atoms with Crippen LogP contribution < -0.4 is 0 Å². The van der Waals surface area contributed by atoms with Crippen LogP contribution in [0.5, 0.6) is 0 Å². The number of nitrogens with zero attached hydrogens (tertiary/aromatic N) is 2. The number of methoxy groups -OCH3 is 1. The third-order valence-electron chi connectivity index (χ3n) is 2.56. The van der Waals surface area contributed by atoms with Crippen LogP contribution in [0.4, 0.5) is 4.39 Å². The molecule has 0 amide bonds. The van der Waals surface area contributed by atoms with Gasteiger partial charge < -0.3 is 9.84 Å². The Balaban J connectivity index is 2.65. The van der Waals surface area contributed by atoms with Gasteiger partial charge in [0.2, 0.25) is 0 Å². The minimum Gasteiger partial charge on any atom is -0.468 e. The molecule has 0 saturated heterocycles. The van der Waals surface area contributed by atoms with Gasteiger partial charge in [-0.25, -0.2) is 4.39 Å². The fourth-order valence-electron chi connectivity index (χ4n) is 1.57. The molecular formula is C13H15FN2O3. The second-order valence-corrected chi connectivity index (χ2v) is 3.97. The predicted octanol–water partition coefficient (Wildman–Crippen LogP) is 0.858. The third kappa shape index (κ3) is 5.04. The van der Waals surface area contributed by atoms with Gasteiger partial charge in [0, 0.05) is 6.54 Å². The molecule has 0 bridgehead atoms. The predicted molar refractivity (Wildman–Crippen MR) is 65.4 cm³/mol. The average Bonchev–Trinajstić information content (AvgIpc) is 2.39. The van der Waals surface area contributed by atoms with Gasteiger partial charge in [-0.1, -0.05) is 12.1 Å². The SMILES string of the molecule is COC(=O)CN(CC#N)CC(O)c1ccc(F)cc1. The van der Waals surface area contributed by atoms with Crippen molar-refractivity contribution < 1.29 is 19.0 Å². The number of nitriles is 1. The highest BCUT2D eigenvalue weighted by Gasteiger charge is 2.16. The summed E-state index contributed by atoms with van der Waals surface area (Å²) in [6.45, 7) is 0.00393. The standard InChI is InChI=1S/C13H15FN2O3/c1-19-13(18)9-16(7-6-15)8-12(17)10-2-4-11(14)5-3-10/h2-5,12,17H,7-9H2,1H3. The van der Waals surface area contributed by atoms with Crippen LogP contribution in [0.1, 0.15) is 11.7 Å². The lowest BCUT2D eigenvalue weighted by atomic mass is 10.1. The van der Waals surface area contributed by atoms with E-state index in [0.717, 1.165) is 0 Å². The fourth-order valence-corrected chi connectivity index (χ4v) is 1.57. The van der Waals surface area contributed by atoms with Gasteiger partial charge in [0.05, 0.1) is 32.4 Å². The van der Waals surface area contributed by atoms with Gasteiger partial charge in [-0.15, -0.1) is 0 Å². The second-order valence-electron chi connectivity index (χ2n) is 3.97. The van der Waals surface area contributed by atoms with E-state index in [0.29, 0.717) is 5.56 Å². The molecule has 1 rings (SSSR count). The molecule has 1 aromatic rings. The highest BCUT2D eigenvalue weighted by molar-refractivity contribution is 5.71. The van der Waals surface area contributed by atoms with E-state index in [2.05, 4.69) is 4.74 Å². The zero-order valence-corrected chi connectivity index (χ0v) is 10.5. The maximum atomic E-state index is 12.8. The largest absolute Gasteiger partial charge is 0.468 e. The minimum atomic E-state index is -0.904. The van der Waals surface area contributed by atoms with Crippen LogP contribution in [-0.4, -0.2) is 42.7 Å². The summed E-state index contributed by atoms with van der Waals surface area (Å²) in [7, 11) is 1.25. The Kier molecular flexibility index (Phi) is 5.93. The van der Waals surface area contributed by atoms with Crippen molar-refractivity contribution in [3.05, 3.63) is 35.6 Å². The van der Waals surface area contributed by atoms with Gasteiger partial charge in [-0.2, -0.15) is 5.26 Å². The number of aliphatic hydroxyl groups excluding tert-OH is 1. The van der Waals surface area contributed by atoms with Crippen molar-refractivity contribution in [2.75, 3.05) is 26.7 Å². The molecule has 0 radical (unpaired) electrons. The fraction of sp³-hybridized carbons (Fsp3) is 0.385. The Hall–Kier alpha value is -1.97. The molecule has 19 heavy (non-hydrogen) atoms. The molecule has 6 heteroatoms. The van der Waals surface area contributed by atoms with Crippen molar-refractivity contribution in [1.82, 2.24) is 4.90 Å². The van der Waals surface area contributed by atoms with Crippen molar-refractivity contribution in [2.45, 2.75) is 6.10 Å². The molecule has 1 atom stereocenters. The topological polar surface area (TPSA) is 73.6 Å². The molecule has 0 heterocycles. The van der Waals surface area contributed by atoms with Gasteiger partial charge in [0.15, 0.2) is 0 Å². The van der Waals surface area contributed by atoms with Crippen LogP contribution in [0.25, 0.3) is 0 Å². The number of aliphatic hydroxyl groups is 1. The number of benzene rings is 1. The van der Waals surface area contributed by atoms with Crippen LogP contribution >= 0.6 is 0 Å². The first-order chi connectivity index (χ1) is 9.06. The summed E-state index contributed by atoms with van der Waals surface area (Å²) >= 11 is 0. The van der Waals surface area contributed by atoms with E-state index >= 15 is 0 Å². The molecule has 0 spiro atoms. The van der Waals surface area contributed by atoms with Crippen LogP contribution in [0, 0.1) is 17.1 Å². The molecule has 1 unspecified atom stereocenters. The van der Waals surface area contributed by atoms with Gasteiger partial charge in [-0.05, 0) is 17.7 Å². The Morgan fingerprint density at radius 1 is 1.53 bits per heavy atom. The molecule has 0 aliphatic carbocycles. The Morgan fingerprint density at radius 3 is 2.68 bits per heavy atom. The second kappa shape index (κ2) is 7.46. The number of hydrogen-bond donors (Lipinski definition) is 1. The van der Waals surface area contributed by atoms with Crippen molar-refractivity contribution >= 4 is 5.97 Å².